The zero-order valence-electron chi connectivity index (χ0n) is 10.8. The molecule has 4 nitrogen and oxygen atoms in total. The number of ether oxygens (including phenoxy) is 1. The van der Waals surface area contributed by atoms with Gasteiger partial charge in [0.15, 0.2) is 0 Å². The highest BCUT2D eigenvalue weighted by Gasteiger charge is 2.37. The van der Waals surface area contributed by atoms with Crippen LogP contribution in [0.25, 0.3) is 0 Å². The number of rotatable bonds is 2. The molecule has 0 radical (unpaired) electrons. The predicted octanol–water partition coefficient (Wildman–Crippen LogP) is 1.03. The van der Waals surface area contributed by atoms with Gasteiger partial charge in [0.05, 0.1) is 18.1 Å². The summed E-state index contributed by atoms with van der Waals surface area (Å²) in [7, 11) is 0. The number of piperidine rings is 1. The van der Waals surface area contributed by atoms with Gasteiger partial charge >= 0.3 is 0 Å². The summed E-state index contributed by atoms with van der Waals surface area (Å²) in [5, 5.41) is 9.68. The Labute approximate surface area is 103 Å². The lowest BCUT2D eigenvalue weighted by molar-refractivity contribution is -0.140. The molecule has 0 aromatic rings. The number of carbonyl (C=O) groups excluding carboxylic acids is 1. The van der Waals surface area contributed by atoms with Crippen LogP contribution in [0.2, 0.25) is 0 Å². The third kappa shape index (κ3) is 2.63. The SMILES string of the molecule is CCC1OCCC1C(=O)N1CCC(O)C(C)C1. The summed E-state index contributed by atoms with van der Waals surface area (Å²) >= 11 is 0. The van der Waals surface area contributed by atoms with E-state index in [0.717, 1.165) is 12.8 Å². The molecule has 0 spiro atoms. The number of aliphatic hydroxyl groups excluding tert-OH is 1. The van der Waals surface area contributed by atoms with Gasteiger partial charge in [-0.05, 0) is 25.2 Å². The van der Waals surface area contributed by atoms with Crippen molar-refractivity contribution in [2.45, 2.75) is 45.3 Å². The molecule has 0 aliphatic carbocycles. The van der Waals surface area contributed by atoms with Crippen LogP contribution in [0.4, 0.5) is 0 Å². The Bertz CT molecular complexity index is 282. The van der Waals surface area contributed by atoms with Crippen LogP contribution < -0.4 is 0 Å². The van der Waals surface area contributed by atoms with Crippen molar-refractivity contribution in [3.05, 3.63) is 0 Å². The second kappa shape index (κ2) is 5.36. The van der Waals surface area contributed by atoms with Gasteiger partial charge in [-0.15, -0.1) is 0 Å². The number of amides is 1. The summed E-state index contributed by atoms with van der Waals surface area (Å²) in [5.41, 5.74) is 0. The summed E-state index contributed by atoms with van der Waals surface area (Å²) in [6, 6.07) is 0. The van der Waals surface area contributed by atoms with E-state index in [-0.39, 0.29) is 30.0 Å². The van der Waals surface area contributed by atoms with Gasteiger partial charge in [-0.3, -0.25) is 4.79 Å². The first-order valence-corrected chi connectivity index (χ1v) is 6.72. The third-order valence-corrected chi connectivity index (χ3v) is 4.10. The maximum atomic E-state index is 12.4. The van der Waals surface area contributed by atoms with Gasteiger partial charge in [0.25, 0.3) is 0 Å². The Kier molecular flexibility index (Phi) is 4.05. The van der Waals surface area contributed by atoms with Crippen molar-refractivity contribution in [3.8, 4) is 0 Å². The number of hydrogen-bond donors (Lipinski definition) is 1. The smallest absolute Gasteiger partial charge is 0.228 e. The van der Waals surface area contributed by atoms with E-state index in [9.17, 15) is 9.90 Å². The predicted molar refractivity (Wildman–Crippen MR) is 64.5 cm³/mol. The Morgan fingerprint density at radius 3 is 2.88 bits per heavy atom. The van der Waals surface area contributed by atoms with E-state index in [1.807, 2.05) is 11.8 Å². The summed E-state index contributed by atoms with van der Waals surface area (Å²) in [6.07, 6.45) is 2.32. The van der Waals surface area contributed by atoms with Crippen molar-refractivity contribution < 1.29 is 14.6 Å². The molecule has 2 saturated heterocycles. The largest absolute Gasteiger partial charge is 0.393 e. The number of hydrogen-bond acceptors (Lipinski definition) is 3. The van der Waals surface area contributed by atoms with E-state index < -0.39 is 0 Å². The minimum atomic E-state index is -0.249. The summed E-state index contributed by atoms with van der Waals surface area (Å²) < 4.78 is 5.58. The average Bonchev–Trinajstić information content (AvgIpc) is 2.80. The van der Waals surface area contributed by atoms with Crippen LogP contribution in [0.1, 0.15) is 33.1 Å². The van der Waals surface area contributed by atoms with Crippen molar-refractivity contribution in [1.82, 2.24) is 4.90 Å². The topological polar surface area (TPSA) is 49.8 Å². The van der Waals surface area contributed by atoms with Crippen molar-refractivity contribution in [2.75, 3.05) is 19.7 Å². The molecule has 4 heteroatoms. The van der Waals surface area contributed by atoms with Crippen molar-refractivity contribution >= 4 is 5.91 Å². The lowest BCUT2D eigenvalue weighted by Crippen LogP contribution is -2.48. The highest BCUT2D eigenvalue weighted by molar-refractivity contribution is 5.79. The molecule has 0 bridgehead atoms. The van der Waals surface area contributed by atoms with Gasteiger partial charge < -0.3 is 14.7 Å². The van der Waals surface area contributed by atoms with E-state index in [4.69, 9.17) is 4.74 Å². The molecule has 0 aromatic carbocycles. The lowest BCUT2D eigenvalue weighted by atomic mass is 9.93. The summed E-state index contributed by atoms with van der Waals surface area (Å²) in [6.45, 7) is 6.16. The molecule has 2 fully saturated rings. The fourth-order valence-corrected chi connectivity index (χ4v) is 2.90. The number of nitrogens with zero attached hydrogens (tertiary/aromatic N) is 1. The van der Waals surface area contributed by atoms with Gasteiger partial charge in [-0.1, -0.05) is 13.8 Å². The highest BCUT2D eigenvalue weighted by Crippen LogP contribution is 2.27. The van der Waals surface area contributed by atoms with Gasteiger partial charge in [-0.2, -0.15) is 0 Å². The van der Waals surface area contributed by atoms with Crippen LogP contribution in [-0.4, -0.2) is 47.8 Å². The highest BCUT2D eigenvalue weighted by atomic mass is 16.5. The average molecular weight is 241 g/mol. The number of aliphatic hydroxyl groups is 1. The van der Waals surface area contributed by atoms with Gasteiger partial charge in [0, 0.05) is 19.7 Å². The second-order valence-electron chi connectivity index (χ2n) is 5.33. The fraction of sp³-hybridized carbons (Fsp3) is 0.923. The van der Waals surface area contributed by atoms with Crippen LogP contribution in [0.5, 0.6) is 0 Å². The molecule has 98 valence electrons. The Balaban J connectivity index is 1.95. The van der Waals surface area contributed by atoms with E-state index >= 15 is 0 Å². The first-order valence-electron chi connectivity index (χ1n) is 6.72. The van der Waals surface area contributed by atoms with E-state index in [0.29, 0.717) is 26.1 Å². The molecule has 2 aliphatic rings. The maximum Gasteiger partial charge on any atom is 0.228 e. The minimum Gasteiger partial charge on any atom is -0.393 e. The molecule has 4 unspecified atom stereocenters. The fourth-order valence-electron chi connectivity index (χ4n) is 2.90. The quantitative estimate of drug-likeness (QED) is 0.785. The molecule has 1 amide bonds. The Morgan fingerprint density at radius 1 is 1.47 bits per heavy atom. The zero-order chi connectivity index (χ0) is 12.4. The van der Waals surface area contributed by atoms with Crippen molar-refractivity contribution in [1.29, 1.82) is 0 Å². The normalized spacial score (nSPS) is 38.4. The number of carbonyl (C=O) groups is 1. The van der Waals surface area contributed by atoms with Crippen LogP contribution in [0.3, 0.4) is 0 Å². The van der Waals surface area contributed by atoms with E-state index in [1.165, 1.54) is 0 Å². The summed E-state index contributed by atoms with van der Waals surface area (Å²) in [5.74, 6) is 0.464. The molecule has 0 saturated carbocycles. The van der Waals surface area contributed by atoms with Crippen LogP contribution in [0, 0.1) is 11.8 Å². The number of likely N-dealkylation sites (tertiary alicyclic amines) is 1. The van der Waals surface area contributed by atoms with Gasteiger partial charge in [0.1, 0.15) is 0 Å². The second-order valence-corrected chi connectivity index (χ2v) is 5.33. The molecule has 2 heterocycles. The standard InChI is InChI=1S/C13H23NO3/c1-3-12-10(5-7-17-12)13(16)14-6-4-11(15)9(2)8-14/h9-12,15H,3-8H2,1-2H3. The molecule has 2 aliphatic heterocycles. The first kappa shape index (κ1) is 12.8. The van der Waals surface area contributed by atoms with Crippen molar-refractivity contribution in [3.63, 3.8) is 0 Å². The molecular weight excluding hydrogens is 218 g/mol. The molecule has 1 N–H and O–H groups in total. The first-order chi connectivity index (χ1) is 8.13. The van der Waals surface area contributed by atoms with E-state index in [1.54, 1.807) is 0 Å². The third-order valence-electron chi connectivity index (χ3n) is 4.10. The maximum absolute atomic E-state index is 12.4. The van der Waals surface area contributed by atoms with Crippen LogP contribution in [-0.2, 0) is 9.53 Å². The Hall–Kier alpha value is -0.610. The Morgan fingerprint density at radius 2 is 2.24 bits per heavy atom. The molecular formula is C13H23NO3. The summed E-state index contributed by atoms with van der Waals surface area (Å²) in [4.78, 5) is 14.3. The van der Waals surface area contributed by atoms with Crippen LogP contribution in [0.15, 0.2) is 0 Å². The van der Waals surface area contributed by atoms with Crippen molar-refractivity contribution in [2.24, 2.45) is 11.8 Å². The zero-order valence-corrected chi connectivity index (χ0v) is 10.8. The molecule has 2 rings (SSSR count). The van der Waals surface area contributed by atoms with Gasteiger partial charge in [0.2, 0.25) is 5.91 Å². The van der Waals surface area contributed by atoms with E-state index in [2.05, 4.69) is 6.92 Å². The lowest BCUT2D eigenvalue weighted by Gasteiger charge is -2.36. The van der Waals surface area contributed by atoms with Gasteiger partial charge in [-0.25, -0.2) is 0 Å². The molecule has 4 atom stereocenters. The molecule has 0 aromatic heterocycles. The monoisotopic (exact) mass is 241 g/mol. The van der Waals surface area contributed by atoms with Crippen LogP contribution >= 0.6 is 0 Å². The molecule has 17 heavy (non-hydrogen) atoms. The minimum absolute atomic E-state index is 0.0439.